The van der Waals surface area contributed by atoms with Gasteiger partial charge in [0.25, 0.3) is 5.91 Å². The van der Waals surface area contributed by atoms with Crippen LogP contribution < -0.4 is 10.2 Å². The molecule has 0 radical (unpaired) electrons. The standard InChI is InChI=1S/C18H16ClFN2O3/c19-13-5-6-17(16(20)9-13)21-18(23)12-22(10-14-3-1-7-24-14)11-15-4-2-8-25-15/h1-9H,10-12H2,(H,21,23)/p+1. The Hall–Kier alpha value is -2.57. The van der Waals surface area contributed by atoms with Crippen molar-refractivity contribution in [3.63, 3.8) is 0 Å². The van der Waals surface area contributed by atoms with Gasteiger partial charge in [-0.1, -0.05) is 11.6 Å². The minimum absolute atomic E-state index is 0.102. The van der Waals surface area contributed by atoms with Crippen LogP contribution in [0, 0.1) is 5.82 Å². The molecule has 2 aromatic heterocycles. The van der Waals surface area contributed by atoms with Crippen molar-refractivity contribution in [3.05, 3.63) is 77.4 Å². The molecule has 0 unspecified atom stereocenters. The smallest absolute Gasteiger partial charge is 0.279 e. The molecule has 0 saturated carbocycles. The normalized spacial score (nSPS) is 11.0. The van der Waals surface area contributed by atoms with Crippen molar-refractivity contribution >= 4 is 23.2 Å². The molecule has 0 fully saturated rings. The number of halogens is 2. The number of hydrogen-bond acceptors (Lipinski definition) is 3. The van der Waals surface area contributed by atoms with Crippen molar-refractivity contribution in [1.29, 1.82) is 0 Å². The molecule has 0 saturated heterocycles. The fourth-order valence-electron chi connectivity index (χ4n) is 2.52. The van der Waals surface area contributed by atoms with Crippen LogP contribution in [-0.2, 0) is 17.9 Å². The van der Waals surface area contributed by atoms with Crippen molar-refractivity contribution < 1.29 is 22.9 Å². The van der Waals surface area contributed by atoms with Crippen LogP contribution in [0.3, 0.4) is 0 Å². The lowest BCUT2D eigenvalue weighted by Crippen LogP contribution is -3.10. The first-order valence-electron chi connectivity index (χ1n) is 7.73. The number of rotatable bonds is 7. The summed E-state index contributed by atoms with van der Waals surface area (Å²) in [5.74, 6) is 0.632. The van der Waals surface area contributed by atoms with E-state index in [2.05, 4.69) is 5.32 Å². The summed E-state index contributed by atoms with van der Waals surface area (Å²) in [5, 5.41) is 2.85. The molecular weight excluding hydrogens is 347 g/mol. The van der Waals surface area contributed by atoms with E-state index in [9.17, 15) is 9.18 Å². The first kappa shape index (κ1) is 17.3. The van der Waals surface area contributed by atoms with Crippen LogP contribution in [0.25, 0.3) is 0 Å². The third-order valence-corrected chi connectivity index (χ3v) is 3.86. The molecule has 1 aromatic carbocycles. The molecule has 0 aliphatic heterocycles. The summed E-state index contributed by atoms with van der Waals surface area (Å²) < 4.78 is 24.5. The van der Waals surface area contributed by atoms with E-state index in [1.54, 1.807) is 24.7 Å². The van der Waals surface area contributed by atoms with Gasteiger partial charge in [0.15, 0.2) is 18.1 Å². The second-order valence-electron chi connectivity index (χ2n) is 5.61. The Morgan fingerprint density at radius 3 is 2.24 bits per heavy atom. The molecule has 5 nitrogen and oxygen atoms in total. The van der Waals surface area contributed by atoms with Crippen molar-refractivity contribution in [3.8, 4) is 0 Å². The maximum atomic E-state index is 13.8. The minimum atomic E-state index is -0.570. The number of carbonyl (C=O) groups excluding carboxylic acids is 1. The van der Waals surface area contributed by atoms with E-state index in [4.69, 9.17) is 20.4 Å². The highest BCUT2D eigenvalue weighted by Crippen LogP contribution is 2.18. The largest absolute Gasteiger partial charge is 0.463 e. The van der Waals surface area contributed by atoms with E-state index in [1.807, 2.05) is 12.1 Å². The van der Waals surface area contributed by atoms with Crippen molar-refractivity contribution in [2.24, 2.45) is 0 Å². The van der Waals surface area contributed by atoms with Gasteiger partial charge in [-0.2, -0.15) is 0 Å². The Kier molecular flexibility index (Phi) is 5.53. The van der Waals surface area contributed by atoms with Crippen LogP contribution in [-0.4, -0.2) is 12.5 Å². The van der Waals surface area contributed by atoms with Crippen LogP contribution in [0.4, 0.5) is 10.1 Å². The number of amides is 1. The molecule has 0 atom stereocenters. The third-order valence-electron chi connectivity index (χ3n) is 3.62. The van der Waals surface area contributed by atoms with Gasteiger partial charge in [0.1, 0.15) is 18.9 Å². The number of hydrogen-bond donors (Lipinski definition) is 2. The molecule has 130 valence electrons. The molecule has 2 N–H and O–H groups in total. The van der Waals surface area contributed by atoms with Gasteiger partial charge in [-0.05, 0) is 42.5 Å². The van der Waals surface area contributed by atoms with Gasteiger partial charge >= 0.3 is 0 Å². The Morgan fingerprint density at radius 2 is 1.72 bits per heavy atom. The topological polar surface area (TPSA) is 59.8 Å². The van der Waals surface area contributed by atoms with Crippen molar-refractivity contribution in [2.75, 3.05) is 11.9 Å². The summed E-state index contributed by atoms with van der Waals surface area (Å²) >= 11 is 5.72. The maximum Gasteiger partial charge on any atom is 0.279 e. The molecule has 0 bridgehead atoms. The monoisotopic (exact) mass is 363 g/mol. The molecule has 0 spiro atoms. The van der Waals surface area contributed by atoms with Gasteiger partial charge in [-0.15, -0.1) is 0 Å². The van der Waals surface area contributed by atoms with Gasteiger partial charge < -0.3 is 19.1 Å². The number of benzene rings is 1. The number of nitrogens with one attached hydrogen (secondary N) is 2. The van der Waals surface area contributed by atoms with Crippen LogP contribution in [0.1, 0.15) is 11.5 Å². The predicted octanol–water partition coefficient (Wildman–Crippen LogP) is 2.89. The van der Waals surface area contributed by atoms with Crippen LogP contribution in [0.15, 0.2) is 63.8 Å². The molecule has 7 heteroatoms. The fourth-order valence-corrected chi connectivity index (χ4v) is 2.68. The number of furan rings is 2. The first-order valence-corrected chi connectivity index (χ1v) is 8.11. The van der Waals surface area contributed by atoms with E-state index in [-0.39, 0.29) is 23.2 Å². The second kappa shape index (κ2) is 8.00. The summed E-state index contributed by atoms with van der Waals surface area (Å²) in [5.41, 5.74) is 0.102. The maximum absolute atomic E-state index is 13.8. The van der Waals surface area contributed by atoms with E-state index in [0.717, 1.165) is 22.5 Å². The molecule has 3 aromatic rings. The van der Waals surface area contributed by atoms with Gasteiger partial charge in [0.2, 0.25) is 0 Å². The number of carbonyl (C=O) groups is 1. The molecule has 2 heterocycles. The number of quaternary nitrogens is 1. The van der Waals surface area contributed by atoms with Gasteiger partial charge in [0.05, 0.1) is 18.2 Å². The zero-order valence-electron chi connectivity index (χ0n) is 13.3. The minimum Gasteiger partial charge on any atom is -0.463 e. The summed E-state index contributed by atoms with van der Waals surface area (Å²) in [6, 6.07) is 11.4. The first-order chi connectivity index (χ1) is 12.1. The number of anilines is 1. The highest BCUT2D eigenvalue weighted by atomic mass is 35.5. The van der Waals surface area contributed by atoms with Crippen LogP contribution in [0.5, 0.6) is 0 Å². The summed E-state index contributed by atoms with van der Waals surface area (Å²) in [6.07, 6.45) is 3.17. The van der Waals surface area contributed by atoms with Gasteiger partial charge in [-0.3, -0.25) is 4.79 Å². The van der Waals surface area contributed by atoms with E-state index in [0.29, 0.717) is 13.1 Å². The fraction of sp³-hybridized carbons (Fsp3) is 0.167. The van der Waals surface area contributed by atoms with Crippen LogP contribution >= 0.6 is 11.6 Å². The predicted molar refractivity (Wildman–Crippen MR) is 90.7 cm³/mol. The highest BCUT2D eigenvalue weighted by molar-refractivity contribution is 6.30. The lowest BCUT2D eigenvalue weighted by Gasteiger charge is -2.17. The summed E-state index contributed by atoms with van der Waals surface area (Å²) in [7, 11) is 0. The quantitative estimate of drug-likeness (QED) is 0.678. The lowest BCUT2D eigenvalue weighted by atomic mass is 10.3. The Labute approximate surface area is 149 Å². The second-order valence-corrected chi connectivity index (χ2v) is 6.05. The van der Waals surface area contributed by atoms with E-state index in [1.165, 1.54) is 12.1 Å². The highest BCUT2D eigenvalue weighted by Gasteiger charge is 2.19. The Bertz CT molecular complexity index is 783. The average Bonchev–Trinajstić information content (AvgIpc) is 3.24. The van der Waals surface area contributed by atoms with Gasteiger partial charge in [0, 0.05) is 5.02 Å². The molecule has 0 aliphatic rings. The van der Waals surface area contributed by atoms with E-state index < -0.39 is 5.82 Å². The Balaban J connectivity index is 1.66. The summed E-state index contributed by atoms with van der Waals surface area (Å²) in [4.78, 5) is 13.2. The zero-order valence-corrected chi connectivity index (χ0v) is 14.1. The van der Waals surface area contributed by atoms with E-state index >= 15 is 0 Å². The van der Waals surface area contributed by atoms with Crippen molar-refractivity contribution in [1.82, 2.24) is 0 Å². The Morgan fingerprint density at radius 1 is 1.08 bits per heavy atom. The molecule has 1 amide bonds. The van der Waals surface area contributed by atoms with Crippen LogP contribution in [0.2, 0.25) is 5.02 Å². The molecule has 25 heavy (non-hydrogen) atoms. The average molecular weight is 364 g/mol. The molecular formula is C18H17ClFN2O3+. The zero-order chi connectivity index (χ0) is 17.6. The summed E-state index contributed by atoms with van der Waals surface area (Å²) in [6.45, 7) is 1.14. The SMILES string of the molecule is O=C(C[NH+](Cc1ccco1)Cc1ccco1)Nc1ccc(Cl)cc1F. The third kappa shape index (κ3) is 4.95. The van der Waals surface area contributed by atoms with Crippen molar-refractivity contribution in [2.45, 2.75) is 13.1 Å². The van der Waals surface area contributed by atoms with Gasteiger partial charge in [-0.25, -0.2) is 4.39 Å². The lowest BCUT2D eigenvalue weighted by molar-refractivity contribution is -0.921. The molecule has 3 rings (SSSR count). The molecule has 0 aliphatic carbocycles.